The number of benzene rings is 1. The molecule has 1 fully saturated rings. The lowest BCUT2D eigenvalue weighted by Crippen LogP contribution is -2.07. The number of halogens is 3. The quantitative estimate of drug-likeness (QED) is 0.727. The second-order valence-corrected chi connectivity index (χ2v) is 6.26. The fourth-order valence-corrected chi connectivity index (χ4v) is 3.09. The minimum atomic E-state index is -4.35. The third-order valence-corrected chi connectivity index (χ3v) is 4.40. The van der Waals surface area contributed by atoms with Gasteiger partial charge in [0, 0.05) is 17.8 Å². The van der Waals surface area contributed by atoms with Crippen molar-refractivity contribution < 1.29 is 13.2 Å². The highest BCUT2D eigenvalue weighted by Gasteiger charge is 2.41. The molecule has 1 saturated carbocycles. The average molecular weight is 305 g/mol. The van der Waals surface area contributed by atoms with Crippen molar-refractivity contribution >= 4 is 0 Å². The molecule has 0 bridgehead atoms. The van der Waals surface area contributed by atoms with Crippen LogP contribution in [0.3, 0.4) is 0 Å². The summed E-state index contributed by atoms with van der Waals surface area (Å²) in [6, 6.07) is 9.18. The van der Waals surface area contributed by atoms with E-state index in [0.717, 1.165) is 18.2 Å². The van der Waals surface area contributed by atoms with Gasteiger partial charge in [-0.15, -0.1) is 0 Å². The van der Waals surface area contributed by atoms with E-state index in [-0.39, 0.29) is 5.56 Å². The Morgan fingerprint density at radius 3 is 2.50 bits per heavy atom. The van der Waals surface area contributed by atoms with E-state index in [2.05, 4.69) is 18.8 Å². The first-order valence-corrected chi connectivity index (χ1v) is 7.50. The molecule has 1 nitrogen and oxygen atoms in total. The summed E-state index contributed by atoms with van der Waals surface area (Å²) in [5.74, 6) is 1.57. The van der Waals surface area contributed by atoms with Crippen molar-refractivity contribution in [3.05, 3.63) is 53.9 Å². The Hall–Kier alpha value is -1.84. The molecule has 1 aliphatic rings. The van der Waals surface area contributed by atoms with Crippen molar-refractivity contribution in [1.82, 2.24) is 4.98 Å². The maximum absolute atomic E-state index is 13.2. The van der Waals surface area contributed by atoms with Crippen LogP contribution in [0.1, 0.15) is 37.4 Å². The molecule has 22 heavy (non-hydrogen) atoms. The first-order chi connectivity index (χ1) is 10.4. The smallest absolute Gasteiger partial charge is 0.261 e. The number of alkyl halides is 3. The summed E-state index contributed by atoms with van der Waals surface area (Å²) in [4.78, 5) is 4.37. The summed E-state index contributed by atoms with van der Waals surface area (Å²) in [6.07, 6.45) is -1.65. The number of aromatic nitrogens is 1. The van der Waals surface area contributed by atoms with E-state index >= 15 is 0 Å². The van der Waals surface area contributed by atoms with E-state index in [0.29, 0.717) is 23.3 Å². The van der Waals surface area contributed by atoms with Crippen LogP contribution < -0.4 is 0 Å². The molecule has 2 atom stereocenters. The molecule has 0 N–H and O–H groups in total. The maximum Gasteiger partial charge on any atom is 0.417 e. The molecule has 3 rings (SSSR count). The fraction of sp³-hybridized carbons (Fsp3) is 0.389. The molecule has 1 aliphatic carbocycles. The molecule has 0 radical (unpaired) electrons. The fourth-order valence-electron chi connectivity index (χ4n) is 3.09. The zero-order chi connectivity index (χ0) is 15.9. The molecule has 0 spiro atoms. The number of rotatable bonds is 3. The van der Waals surface area contributed by atoms with Crippen LogP contribution in [0.2, 0.25) is 0 Å². The van der Waals surface area contributed by atoms with Crippen LogP contribution in [0.4, 0.5) is 13.2 Å². The number of hydrogen-bond acceptors (Lipinski definition) is 1. The Morgan fingerprint density at radius 1 is 1.14 bits per heavy atom. The first kappa shape index (κ1) is 15.1. The summed E-state index contributed by atoms with van der Waals surface area (Å²) < 4.78 is 39.5. The van der Waals surface area contributed by atoms with Gasteiger partial charge in [-0.2, -0.15) is 13.2 Å². The summed E-state index contributed by atoms with van der Waals surface area (Å²) >= 11 is 0. The van der Waals surface area contributed by atoms with E-state index in [1.807, 2.05) is 6.07 Å². The zero-order valence-corrected chi connectivity index (χ0v) is 12.6. The van der Waals surface area contributed by atoms with Crippen LogP contribution in [-0.2, 0) is 6.18 Å². The van der Waals surface area contributed by atoms with E-state index in [4.69, 9.17) is 0 Å². The number of hydrogen-bond donors (Lipinski definition) is 0. The van der Waals surface area contributed by atoms with Crippen LogP contribution in [0.15, 0.2) is 42.6 Å². The summed E-state index contributed by atoms with van der Waals surface area (Å²) in [7, 11) is 0. The number of pyridine rings is 1. The normalized spacial score (nSPS) is 21.2. The van der Waals surface area contributed by atoms with Crippen molar-refractivity contribution in [2.75, 3.05) is 0 Å². The molecule has 1 aromatic carbocycles. The minimum absolute atomic E-state index is 0.223. The Balaban J connectivity index is 1.97. The molecule has 4 heteroatoms. The van der Waals surface area contributed by atoms with Crippen LogP contribution in [0, 0.1) is 11.8 Å². The van der Waals surface area contributed by atoms with Gasteiger partial charge in [0.1, 0.15) is 0 Å². The second kappa shape index (κ2) is 5.41. The SMILES string of the molecule is CC(C)[C@H]1C[C@@H]1c1cc(-c2ccccc2C(F)(F)F)ccn1. The van der Waals surface area contributed by atoms with Crippen LogP contribution in [0.25, 0.3) is 11.1 Å². The van der Waals surface area contributed by atoms with Gasteiger partial charge in [0.15, 0.2) is 0 Å². The van der Waals surface area contributed by atoms with Gasteiger partial charge < -0.3 is 0 Å². The molecule has 0 saturated heterocycles. The number of nitrogens with zero attached hydrogens (tertiary/aromatic N) is 1. The van der Waals surface area contributed by atoms with Crippen LogP contribution in [-0.4, -0.2) is 4.98 Å². The highest BCUT2D eigenvalue weighted by atomic mass is 19.4. The highest BCUT2D eigenvalue weighted by Crippen LogP contribution is 2.51. The summed E-state index contributed by atoms with van der Waals surface area (Å²) in [6.45, 7) is 4.35. The first-order valence-electron chi connectivity index (χ1n) is 7.50. The predicted molar refractivity (Wildman–Crippen MR) is 80.4 cm³/mol. The summed E-state index contributed by atoms with van der Waals surface area (Å²) in [5.41, 5.74) is 1.13. The average Bonchev–Trinajstić information content (AvgIpc) is 3.27. The predicted octanol–water partition coefficient (Wildman–Crippen LogP) is 5.53. The highest BCUT2D eigenvalue weighted by molar-refractivity contribution is 5.68. The van der Waals surface area contributed by atoms with Crippen molar-refractivity contribution in [1.29, 1.82) is 0 Å². The lowest BCUT2D eigenvalue weighted by atomic mass is 9.98. The Bertz CT molecular complexity index is 676. The molecular formula is C18H18F3N. The van der Waals surface area contributed by atoms with Crippen molar-refractivity contribution in [2.45, 2.75) is 32.4 Å². The maximum atomic E-state index is 13.2. The van der Waals surface area contributed by atoms with E-state index in [9.17, 15) is 13.2 Å². The van der Waals surface area contributed by atoms with Gasteiger partial charge in [-0.05, 0) is 47.6 Å². The monoisotopic (exact) mass is 305 g/mol. The topological polar surface area (TPSA) is 12.9 Å². The molecule has 0 unspecified atom stereocenters. The van der Waals surface area contributed by atoms with Crippen LogP contribution >= 0.6 is 0 Å². The minimum Gasteiger partial charge on any atom is -0.261 e. The summed E-state index contributed by atoms with van der Waals surface area (Å²) in [5, 5.41) is 0. The van der Waals surface area contributed by atoms with Crippen molar-refractivity contribution in [2.24, 2.45) is 11.8 Å². The third kappa shape index (κ3) is 2.87. The molecule has 1 aromatic heterocycles. The van der Waals surface area contributed by atoms with Gasteiger partial charge >= 0.3 is 6.18 Å². The lowest BCUT2D eigenvalue weighted by molar-refractivity contribution is -0.137. The lowest BCUT2D eigenvalue weighted by Gasteiger charge is -2.13. The standard InChI is InChI=1S/C18H18F3N/c1-11(2)14-10-15(14)17-9-12(7-8-22-17)13-5-3-4-6-16(13)18(19,20)21/h3-9,11,14-15H,10H2,1-2H3/t14-,15+/m1/s1. The van der Waals surface area contributed by atoms with Gasteiger partial charge in [-0.3, -0.25) is 4.98 Å². The molecular weight excluding hydrogens is 287 g/mol. The third-order valence-electron chi connectivity index (χ3n) is 4.40. The molecule has 116 valence electrons. The second-order valence-electron chi connectivity index (χ2n) is 6.26. The molecule has 2 aromatic rings. The zero-order valence-electron chi connectivity index (χ0n) is 12.6. The van der Waals surface area contributed by atoms with Gasteiger partial charge in [-0.1, -0.05) is 32.0 Å². The molecule has 0 aliphatic heterocycles. The molecule has 1 heterocycles. The van der Waals surface area contributed by atoms with E-state index in [1.165, 1.54) is 12.1 Å². The van der Waals surface area contributed by atoms with Gasteiger partial charge in [-0.25, -0.2) is 0 Å². The largest absolute Gasteiger partial charge is 0.417 e. The van der Waals surface area contributed by atoms with Gasteiger partial charge in [0.05, 0.1) is 5.56 Å². The van der Waals surface area contributed by atoms with Crippen molar-refractivity contribution in [3.63, 3.8) is 0 Å². The van der Waals surface area contributed by atoms with Gasteiger partial charge in [0.25, 0.3) is 0 Å². The van der Waals surface area contributed by atoms with Crippen LogP contribution in [0.5, 0.6) is 0 Å². The van der Waals surface area contributed by atoms with Crippen molar-refractivity contribution in [3.8, 4) is 11.1 Å². The van der Waals surface area contributed by atoms with Gasteiger partial charge in [0.2, 0.25) is 0 Å². The van der Waals surface area contributed by atoms with E-state index < -0.39 is 11.7 Å². The molecule has 0 amide bonds. The van der Waals surface area contributed by atoms with E-state index in [1.54, 1.807) is 18.3 Å². The Labute approximate surface area is 128 Å². The Morgan fingerprint density at radius 2 is 1.86 bits per heavy atom. The Kier molecular flexibility index (Phi) is 3.71.